The number of rotatable bonds is 7. The van der Waals surface area contributed by atoms with Crippen LogP contribution < -0.4 is 0 Å². The molecule has 0 heterocycles. The molecule has 0 radical (unpaired) electrons. The van der Waals surface area contributed by atoms with Gasteiger partial charge in [-0.05, 0) is 19.3 Å². The Balaban J connectivity index is 3.85. The molecule has 0 atom stereocenters. The van der Waals surface area contributed by atoms with Gasteiger partial charge in [0.15, 0.2) is 0 Å². The van der Waals surface area contributed by atoms with E-state index >= 15 is 0 Å². The summed E-state index contributed by atoms with van der Waals surface area (Å²) in [6.45, 7) is 8.00. The molecule has 0 saturated carbocycles. The van der Waals surface area contributed by atoms with Crippen LogP contribution in [0.4, 0.5) is 0 Å². The molecule has 4 nitrogen and oxygen atoms in total. The average molecular weight is 257 g/mol. The molecule has 1 amide bonds. The van der Waals surface area contributed by atoms with Crippen molar-refractivity contribution in [3.05, 3.63) is 0 Å². The van der Waals surface area contributed by atoms with Crippen LogP contribution in [0, 0.1) is 11.3 Å². The van der Waals surface area contributed by atoms with Gasteiger partial charge in [-0.2, -0.15) is 0 Å². The number of carbonyl (C=O) groups excluding carboxylic acids is 2. The molecule has 106 valence electrons. The van der Waals surface area contributed by atoms with Crippen molar-refractivity contribution in [3.63, 3.8) is 0 Å². The minimum atomic E-state index is -0.342. The van der Waals surface area contributed by atoms with Gasteiger partial charge in [0, 0.05) is 19.5 Å². The Labute approximate surface area is 111 Å². The number of ether oxygens (including phenoxy) is 1. The Morgan fingerprint density at radius 1 is 1.17 bits per heavy atom. The Bertz CT molecular complexity index is 283. The Kier molecular flexibility index (Phi) is 6.96. The van der Waals surface area contributed by atoms with Gasteiger partial charge in [-0.1, -0.05) is 27.7 Å². The molecule has 0 N–H and O–H groups in total. The third-order valence-electron chi connectivity index (χ3n) is 2.90. The number of hydrogen-bond acceptors (Lipinski definition) is 3. The van der Waals surface area contributed by atoms with E-state index in [9.17, 15) is 9.59 Å². The van der Waals surface area contributed by atoms with Gasteiger partial charge in [-0.25, -0.2) is 0 Å². The van der Waals surface area contributed by atoms with E-state index in [4.69, 9.17) is 4.74 Å². The zero-order valence-electron chi connectivity index (χ0n) is 12.6. The summed E-state index contributed by atoms with van der Waals surface area (Å²) in [6, 6.07) is 0. The molecule has 0 rings (SSSR count). The van der Waals surface area contributed by atoms with Crippen molar-refractivity contribution in [1.82, 2.24) is 4.90 Å². The molecule has 0 bridgehead atoms. The molecule has 4 heteroatoms. The number of hydrogen-bond donors (Lipinski definition) is 0. The Morgan fingerprint density at radius 3 is 2.17 bits per heavy atom. The minimum Gasteiger partial charge on any atom is -0.465 e. The molecule has 0 aromatic rings. The first-order chi connectivity index (χ1) is 8.18. The third-order valence-corrected chi connectivity index (χ3v) is 2.90. The van der Waals surface area contributed by atoms with Gasteiger partial charge in [0.1, 0.15) is 0 Å². The van der Waals surface area contributed by atoms with E-state index in [1.165, 1.54) is 0 Å². The van der Waals surface area contributed by atoms with Crippen molar-refractivity contribution in [2.45, 2.75) is 47.0 Å². The Hall–Kier alpha value is -1.06. The van der Waals surface area contributed by atoms with Crippen molar-refractivity contribution in [2.75, 3.05) is 20.7 Å². The molecule has 0 aliphatic rings. The smallest absolute Gasteiger partial charge is 0.308 e. The van der Waals surface area contributed by atoms with E-state index in [1.807, 2.05) is 27.7 Å². The first kappa shape index (κ1) is 16.9. The normalized spacial score (nSPS) is 11.5. The van der Waals surface area contributed by atoms with Gasteiger partial charge in [-0.3, -0.25) is 9.59 Å². The topological polar surface area (TPSA) is 46.6 Å². The van der Waals surface area contributed by atoms with Gasteiger partial charge < -0.3 is 9.64 Å². The summed E-state index contributed by atoms with van der Waals surface area (Å²) < 4.78 is 5.09. The molecular formula is C14H27NO3. The third kappa shape index (κ3) is 6.03. The molecule has 0 spiro atoms. The molecule has 0 saturated heterocycles. The van der Waals surface area contributed by atoms with Crippen LogP contribution in [0.2, 0.25) is 0 Å². The zero-order valence-corrected chi connectivity index (χ0v) is 12.6. The fourth-order valence-electron chi connectivity index (χ4n) is 1.72. The number of amides is 1. The minimum absolute atomic E-state index is 0.0724. The van der Waals surface area contributed by atoms with Crippen LogP contribution in [0.5, 0.6) is 0 Å². The van der Waals surface area contributed by atoms with Crippen molar-refractivity contribution in [1.29, 1.82) is 0 Å². The molecule has 0 unspecified atom stereocenters. The van der Waals surface area contributed by atoms with Gasteiger partial charge in [0.2, 0.25) is 5.91 Å². The lowest BCUT2D eigenvalue weighted by Crippen LogP contribution is -2.35. The lowest BCUT2D eigenvalue weighted by Gasteiger charge is -2.26. The van der Waals surface area contributed by atoms with Crippen molar-refractivity contribution in [2.24, 2.45) is 11.3 Å². The van der Waals surface area contributed by atoms with Crippen LogP contribution >= 0.6 is 0 Å². The van der Waals surface area contributed by atoms with Gasteiger partial charge >= 0.3 is 5.97 Å². The highest BCUT2D eigenvalue weighted by atomic mass is 16.5. The van der Waals surface area contributed by atoms with Gasteiger partial charge in [0.25, 0.3) is 0 Å². The second-order valence-corrected chi connectivity index (χ2v) is 5.86. The van der Waals surface area contributed by atoms with Crippen LogP contribution in [0.1, 0.15) is 47.0 Å². The highest BCUT2D eigenvalue weighted by molar-refractivity contribution is 5.81. The number of esters is 1. The first-order valence-corrected chi connectivity index (χ1v) is 6.57. The van der Waals surface area contributed by atoms with E-state index in [0.717, 1.165) is 19.3 Å². The zero-order chi connectivity index (χ0) is 14.3. The number of unbranched alkanes of at least 4 members (excludes halogenated alkanes) is 1. The SMILES string of the molecule is CC(C)C(=O)OCCCCC(C)(C)C(=O)N(C)C. The van der Waals surface area contributed by atoms with E-state index in [1.54, 1.807) is 19.0 Å². The van der Waals surface area contributed by atoms with Crippen LogP contribution in [-0.2, 0) is 14.3 Å². The molecule has 0 aromatic heterocycles. The van der Waals surface area contributed by atoms with Crippen LogP contribution in [0.15, 0.2) is 0 Å². The van der Waals surface area contributed by atoms with Crippen LogP contribution in [0.25, 0.3) is 0 Å². The predicted molar refractivity (Wildman–Crippen MR) is 72.1 cm³/mol. The van der Waals surface area contributed by atoms with Crippen molar-refractivity contribution in [3.8, 4) is 0 Å². The maximum absolute atomic E-state index is 11.9. The predicted octanol–water partition coefficient (Wildman–Crippen LogP) is 2.47. The number of nitrogens with zero attached hydrogens (tertiary/aromatic N) is 1. The van der Waals surface area contributed by atoms with Crippen LogP contribution in [-0.4, -0.2) is 37.5 Å². The van der Waals surface area contributed by atoms with Gasteiger partial charge in [0.05, 0.1) is 12.5 Å². The van der Waals surface area contributed by atoms with Crippen molar-refractivity contribution >= 4 is 11.9 Å². The van der Waals surface area contributed by atoms with E-state index < -0.39 is 0 Å². The van der Waals surface area contributed by atoms with E-state index in [2.05, 4.69) is 0 Å². The standard InChI is InChI=1S/C14H27NO3/c1-11(2)12(16)18-10-8-7-9-14(3,4)13(17)15(5)6/h11H,7-10H2,1-6H3. The van der Waals surface area contributed by atoms with Crippen LogP contribution in [0.3, 0.4) is 0 Å². The highest BCUT2D eigenvalue weighted by Gasteiger charge is 2.28. The molecular weight excluding hydrogens is 230 g/mol. The van der Waals surface area contributed by atoms with Crippen molar-refractivity contribution < 1.29 is 14.3 Å². The Morgan fingerprint density at radius 2 is 1.72 bits per heavy atom. The summed E-state index contributed by atoms with van der Waals surface area (Å²) in [5.41, 5.74) is -0.342. The lowest BCUT2D eigenvalue weighted by atomic mass is 9.86. The summed E-state index contributed by atoms with van der Waals surface area (Å²) in [5, 5.41) is 0. The molecule has 0 aliphatic carbocycles. The monoisotopic (exact) mass is 257 g/mol. The second kappa shape index (κ2) is 7.39. The molecule has 0 aliphatic heterocycles. The maximum Gasteiger partial charge on any atom is 0.308 e. The molecule has 0 aromatic carbocycles. The molecule has 18 heavy (non-hydrogen) atoms. The second-order valence-electron chi connectivity index (χ2n) is 5.86. The lowest BCUT2D eigenvalue weighted by molar-refractivity contribution is -0.147. The summed E-state index contributed by atoms with van der Waals surface area (Å²) in [6.07, 6.45) is 2.50. The average Bonchev–Trinajstić information content (AvgIpc) is 2.26. The number of carbonyl (C=O) groups is 2. The van der Waals surface area contributed by atoms with Gasteiger partial charge in [-0.15, -0.1) is 0 Å². The summed E-state index contributed by atoms with van der Waals surface area (Å²) in [5.74, 6) is -0.0861. The molecule has 0 fully saturated rings. The summed E-state index contributed by atoms with van der Waals surface area (Å²) in [4.78, 5) is 24.7. The fourth-order valence-corrected chi connectivity index (χ4v) is 1.72. The fraction of sp³-hybridized carbons (Fsp3) is 0.857. The summed E-state index contributed by atoms with van der Waals surface area (Å²) >= 11 is 0. The highest BCUT2D eigenvalue weighted by Crippen LogP contribution is 2.25. The quantitative estimate of drug-likeness (QED) is 0.520. The van der Waals surface area contributed by atoms with E-state index in [0.29, 0.717) is 6.61 Å². The maximum atomic E-state index is 11.9. The largest absolute Gasteiger partial charge is 0.465 e. The first-order valence-electron chi connectivity index (χ1n) is 6.57. The van der Waals surface area contributed by atoms with E-state index in [-0.39, 0.29) is 23.2 Å². The summed E-state index contributed by atoms with van der Waals surface area (Å²) in [7, 11) is 3.54.